The second-order valence-corrected chi connectivity index (χ2v) is 6.78. The zero-order valence-electron chi connectivity index (χ0n) is 14.9. The Balaban J connectivity index is 1.60. The fraction of sp³-hybridized carbons (Fsp3) is 0.529. The van der Waals surface area contributed by atoms with E-state index in [-0.39, 0.29) is 18.9 Å². The van der Waals surface area contributed by atoms with Crippen LogP contribution >= 0.6 is 0 Å². The summed E-state index contributed by atoms with van der Waals surface area (Å²) in [5.41, 5.74) is 1.72. The molecule has 2 aromatic rings. The van der Waals surface area contributed by atoms with E-state index in [2.05, 4.69) is 20.2 Å². The summed E-state index contributed by atoms with van der Waals surface area (Å²) in [5, 5.41) is 17.9. The number of nitrogens with one attached hydrogen (secondary N) is 1. The molecule has 2 N–H and O–H groups in total. The second-order valence-electron chi connectivity index (χ2n) is 6.78. The first kappa shape index (κ1) is 17.3. The summed E-state index contributed by atoms with van der Waals surface area (Å²) < 4.78 is 0. The van der Waals surface area contributed by atoms with Crippen LogP contribution in [0.2, 0.25) is 0 Å². The Labute approximate surface area is 146 Å². The van der Waals surface area contributed by atoms with Crippen LogP contribution in [-0.2, 0) is 11.2 Å². The highest BCUT2D eigenvalue weighted by Gasteiger charge is 2.38. The minimum absolute atomic E-state index is 0.0320. The standard InChI is InChI=1S/C17H24N6O2/c1-12-14(13(2)21-20-12)9-15(24)22(3)10-17(25)5-8-23(11-17)16-18-6-4-7-19-16/h4,6-7,25H,5,8-11H2,1-3H3,(H,20,21)/t17-/m1/s1. The smallest absolute Gasteiger partial charge is 0.226 e. The Morgan fingerprint density at radius 2 is 2.12 bits per heavy atom. The summed E-state index contributed by atoms with van der Waals surface area (Å²) in [6.45, 7) is 5.16. The van der Waals surface area contributed by atoms with Crippen molar-refractivity contribution in [1.82, 2.24) is 25.1 Å². The third kappa shape index (κ3) is 3.79. The summed E-state index contributed by atoms with van der Waals surface area (Å²) in [5.74, 6) is 0.576. The lowest BCUT2D eigenvalue weighted by atomic mass is 10.0. The Kier molecular flexibility index (Phi) is 4.71. The van der Waals surface area contributed by atoms with E-state index in [4.69, 9.17) is 0 Å². The molecule has 1 aliphatic rings. The lowest BCUT2D eigenvalue weighted by Gasteiger charge is -2.29. The maximum atomic E-state index is 12.5. The number of carbonyl (C=O) groups is 1. The lowest BCUT2D eigenvalue weighted by Crippen LogP contribution is -2.46. The van der Waals surface area contributed by atoms with Crippen LogP contribution in [0.5, 0.6) is 0 Å². The number of aromatic nitrogens is 4. The molecule has 8 heteroatoms. The van der Waals surface area contributed by atoms with E-state index in [0.717, 1.165) is 17.0 Å². The fourth-order valence-electron chi connectivity index (χ4n) is 3.26. The van der Waals surface area contributed by atoms with Gasteiger partial charge in [0.15, 0.2) is 0 Å². The number of aryl methyl sites for hydroxylation is 2. The maximum Gasteiger partial charge on any atom is 0.226 e. The monoisotopic (exact) mass is 344 g/mol. The van der Waals surface area contributed by atoms with Crippen molar-refractivity contribution in [3.63, 3.8) is 0 Å². The molecule has 8 nitrogen and oxygen atoms in total. The van der Waals surface area contributed by atoms with E-state index in [1.165, 1.54) is 0 Å². The number of hydrogen-bond donors (Lipinski definition) is 2. The molecule has 0 aromatic carbocycles. The van der Waals surface area contributed by atoms with Crippen LogP contribution in [0, 0.1) is 13.8 Å². The van der Waals surface area contributed by atoms with Gasteiger partial charge in [-0.3, -0.25) is 9.89 Å². The number of likely N-dealkylation sites (N-methyl/N-ethyl adjacent to an activating group) is 1. The quantitative estimate of drug-likeness (QED) is 0.818. The number of nitrogens with zero attached hydrogens (tertiary/aromatic N) is 5. The van der Waals surface area contributed by atoms with Gasteiger partial charge in [0.2, 0.25) is 11.9 Å². The largest absolute Gasteiger partial charge is 0.386 e. The van der Waals surface area contributed by atoms with E-state index in [0.29, 0.717) is 25.5 Å². The van der Waals surface area contributed by atoms with Crippen LogP contribution < -0.4 is 4.90 Å². The number of hydrogen-bond acceptors (Lipinski definition) is 6. The molecule has 0 unspecified atom stereocenters. The molecule has 1 amide bonds. The lowest BCUT2D eigenvalue weighted by molar-refractivity contribution is -0.132. The fourth-order valence-corrected chi connectivity index (χ4v) is 3.26. The summed E-state index contributed by atoms with van der Waals surface area (Å²) >= 11 is 0. The number of H-pyrrole nitrogens is 1. The summed E-state index contributed by atoms with van der Waals surface area (Å²) in [6, 6.07) is 1.76. The highest BCUT2D eigenvalue weighted by atomic mass is 16.3. The van der Waals surface area contributed by atoms with E-state index in [9.17, 15) is 9.90 Å². The molecule has 0 spiro atoms. The molecule has 1 saturated heterocycles. The summed E-state index contributed by atoms with van der Waals surface area (Å²) in [7, 11) is 1.73. The Hall–Kier alpha value is -2.48. The van der Waals surface area contributed by atoms with Gasteiger partial charge >= 0.3 is 0 Å². The molecule has 1 fully saturated rings. The number of β-amino-alcohol motifs (C(OH)–C–C–N with tert-alkyl or cyclic N) is 1. The third-order valence-electron chi connectivity index (χ3n) is 4.73. The third-order valence-corrected chi connectivity index (χ3v) is 4.73. The molecule has 0 radical (unpaired) electrons. The van der Waals surface area contributed by atoms with Crippen molar-refractivity contribution in [3.05, 3.63) is 35.4 Å². The molecule has 0 aliphatic carbocycles. The van der Waals surface area contributed by atoms with Crippen LogP contribution in [0.1, 0.15) is 23.4 Å². The van der Waals surface area contributed by atoms with E-state index < -0.39 is 5.60 Å². The zero-order chi connectivity index (χ0) is 18.0. The van der Waals surface area contributed by atoms with Crippen molar-refractivity contribution in [2.45, 2.75) is 32.3 Å². The molecule has 3 heterocycles. The van der Waals surface area contributed by atoms with Gasteiger partial charge in [0.25, 0.3) is 0 Å². The molecule has 3 rings (SSSR count). The van der Waals surface area contributed by atoms with Crippen molar-refractivity contribution < 1.29 is 9.90 Å². The van der Waals surface area contributed by atoms with Gasteiger partial charge < -0.3 is 14.9 Å². The molecule has 0 saturated carbocycles. The van der Waals surface area contributed by atoms with Gasteiger partial charge in [0.1, 0.15) is 5.60 Å². The van der Waals surface area contributed by atoms with Gasteiger partial charge in [-0.15, -0.1) is 0 Å². The van der Waals surface area contributed by atoms with Gasteiger partial charge in [-0.25, -0.2) is 9.97 Å². The first-order chi connectivity index (χ1) is 11.9. The molecule has 1 atom stereocenters. The molecule has 2 aromatic heterocycles. The number of aromatic amines is 1. The first-order valence-electron chi connectivity index (χ1n) is 8.37. The predicted molar refractivity (Wildman–Crippen MR) is 93.2 cm³/mol. The number of rotatable bonds is 5. The SMILES string of the molecule is Cc1n[nH]c(C)c1CC(=O)N(C)C[C@]1(O)CCN(c2ncccn2)C1. The Morgan fingerprint density at radius 3 is 2.76 bits per heavy atom. The second kappa shape index (κ2) is 6.79. The molecular weight excluding hydrogens is 320 g/mol. The number of aliphatic hydroxyl groups is 1. The number of anilines is 1. The molecular formula is C17H24N6O2. The molecule has 134 valence electrons. The van der Waals surface area contributed by atoms with E-state index in [1.807, 2.05) is 18.7 Å². The predicted octanol–water partition coefficient (Wildman–Crippen LogP) is 0.459. The van der Waals surface area contributed by atoms with E-state index in [1.54, 1.807) is 30.4 Å². The van der Waals surface area contributed by atoms with Crippen LogP contribution in [0.3, 0.4) is 0 Å². The van der Waals surface area contributed by atoms with E-state index >= 15 is 0 Å². The number of amides is 1. The minimum Gasteiger partial charge on any atom is -0.386 e. The minimum atomic E-state index is -0.954. The van der Waals surface area contributed by atoms with Crippen LogP contribution in [0.4, 0.5) is 5.95 Å². The van der Waals surface area contributed by atoms with Crippen LogP contribution in [0.25, 0.3) is 0 Å². The van der Waals surface area contributed by atoms with Gasteiger partial charge in [-0.05, 0) is 26.3 Å². The van der Waals surface area contributed by atoms with Gasteiger partial charge in [-0.2, -0.15) is 5.10 Å². The Bertz CT molecular complexity index is 727. The average Bonchev–Trinajstić information content (AvgIpc) is 3.13. The molecule has 25 heavy (non-hydrogen) atoms. The zero-order valence-corrected chi connectivity index (χ0v) is 14.9. The average molecular weight is 344 g/mol. The van der Waals surface area contributed by atoms with Crippen molar-refractivity contribution in [2.75, 3.05) is 31.6 Å². The van der Waals surface area contributed by atoms with Gasteiger partial charge in [0, 0.05) is 37.2 Å². The van der Waals surface area contributed by atoms with Crippen LogP contribution in [0.15, 0.2) is 18.5 Å². The maximum absolute atomic E-state index is 12.5. The summed E-state index contributed by atoms with van der Waals surface area (Å²) in [4.78, 5) is 24.5. The van der Waals surface area contributed by atoms with Crippen molar-refractivity contribution in [1.29, 1.82) is 0 Å². The molecule has 1 aliphatic heterocycles. The van der Waals surface area contributed by atoms with Gasteiger partial charge in [-0.1, -0.05) is 0 Å². The normalized spacial score (nSPS) is 20.1. The number of carbonyl (C=O) groups excluding carboxylic acids is 1. The topological polar surface area (TPSA) is 98.2 Å². The molecule has 0 bridgehead atoms. The highest BCUT2D eigenvalue weighted by Crippen LogP contribution is 2.25. The van der Waals surface area contributed by atoms with Crippen molar-refractivity contribution in [2.24, 2.45) is 0 Å². The van der Waals surface area contributed by atoms with Crippen molar-refractivity contribution >= 4 is 11.9 Å². The van der Waals surface area contributed by atoms with Crippen molar-refractivity contribution in [3.8, 4) is 0 Å². The summed E-state index contributed by atoms with van der Waals surface area (Å²) in [6.07, 6.45) is 4.23. The van der Waals surface area contributed by atoms with Crippen LogP contribution in [-0.4, -0.2) is 68.4 Å². The highest BCUT2D eigenvalue weighted by molar-refractivity contribution is 5.79. The first-order valence-corrected chi connectivity index (χ1v) is 8.37. The van der Waals surface area contributed by atoms with Gasteiger partial charge in [0.05, 0.1) is 25.2 Å². The Morgan fingerprint density at radius 1 is 1.40 bits per heavy atom.